The van der Waals surface area contributed by atoms with Crippen molar-refractivity contribution in [3.63, 3.8) is 0 Å². The summed E-state index contributed by atoms with van der Waals surface area (Å²) in [5.74, 6) is 0.133. The molecule has 0 aliphatic heterocycles. The quantitative estimate of drug-likeness (QED) is 0.752. The van der Waals surface area contributed by atoms with E-state index in [0.717, 1.165) is 11.3 Å². The highest BCUT2D eigenvalue weighted by Gasteiger charge is 2.09. The van der Waals surface area contributed by atoms with Crippen LogP contribution >= 0.6 is 0 Å². The maximum atomic E-state index is 12.0. The molecule has 0 spiro atoms. The van der Waals surface area contributed by atoms with E-state index in [2.05, 4.69) is 4.98 Å². The summed E-state index contributed by atoms with van der Waals surface area (Å²) in [5, 5.41) is 0. The fourth-order valence-corrected chi connectivity index (χ4v) is 1.78. The van der Waals surface area contributed by atoms with E-state index >= 15 is 0 Å². The highest BCUT2D eigenvalue weighted by molar-refractivity contribution is 5.97. The second kappa shape index (κ2) is 6.07. The Kier molecular flexibility index (Phi) is 4.20. The zero-order chi connectivity index (χ0) is 12.8. The molecule has 0 N–H and O–H groups in total. The smallest absolute Gasteiger partial charge is 0.176 e. The van der Waals surface area contributed by atoms with Gasteiger partial charge in [0.25, 0.3) is 0 Å². The molecule has 0 aliphatic rings. The van der Waals surface area contributed by atoms with E-state index in [1.807, 2.05) is 60.5 Å². The summed E-state index contributed by atoms with van der Waals surface area (Å²) in [6.45, 7) is 1.08. The first-order chi connectivity index (χ1) is 8.75. The van der Waals surface area contributed by atoms with Crippen LogP contribution in [0.4, 0.5) is 0 Å². The maximum absolute atomic E-state index is 12.0. The molecule has 0 bridgehead atoms. The number of rotatable bonds is 5. The van der Waals surface area contributed by atoms with Crippen LogP contribution in [0.15, 0.2) is 54.7 Å². The number of likely N-dealkylation sites (N-methyl/N-ethyl adjacent to an activating group) is 1. The van der Waals surface area contributed by atoms with Crippen LogP contribution in [-0.2, 0) is 6.54 Å². The molecule has 1 aromatic carbocycles. The molecule has 0 aliphatic carbocycles. The number of hydrogen-bond acceptors (Lipinski definition) is 3. The number of nitrogens with zero attached hydrogens (tertiary/aromatic N) is 2. The Hall–Kier alpha value is -2.00. The van der Waals surface area contributed by atoms with Gasteiger partial charge < -0.3 is 0 Å². The summed E-state index contributed by atoms with van der Waals surface area (Å²) in [7, 11) is 1.93. The van der Waals surface area contributed by atoms with Crippen molar-refractivity contribution < 1.29 is 4.79 Å². The summed E-state index contributed by atoms with van der Waals surface area (Å²) in [4.78, 5) is 18.2. The van der Waals surface area contributed by atoms with Gasteiger partial charge in [-0.15, -0.1) is 0 Å². The van der Waals surface area contributed by atoms with Crippen LogP contribution < -0.4 is 0 Å². The molecule has 18 heavy (non-hydrogen) atoms. The summed E-state index contributed by atoms with van der Waals surface area (Å²) >= 11 is 0. The highest BCUT2D eigenvalue weighted by Crippen LogP contribution is 2.03. The van der Waals surface area contributed by atoms with Crippen LogP contribution in [0.25, 0.3) is 0 Å². The molecular weight excluding hydrogens is 224 g/mol. The zero-order valence-corrected chi connectivity index (χ0v) is 10.4. The molecule has 0 fully saturated rings. The molecular formula is C15H16N2O. The number of hydrogen-bond donors (Lipinski definition) is 0. The topological polar surface area (TPSA) is 33.2 Å². The average Bonchev–Trinajstić information content (AvgIpc) is 2.40. The number of aromatic nitrogens is 1. The monoisotopic (exact) mass is 240 g/mol. The zero-order valence-electron chi connectivity index (χ0n) is 10.4. The van der Waals surface area contributed by atoms with Gasteiger partial charge >= 0.3 is 0 Å². The average molecular weight is 240 g/mol. The molecule has 2 aromatic rings. The summed E-state index contributed by atoms with van der Waals surface area (Å²) in [5.41, 5.74) is 1.73. The summed E-state index contributed by atoms with van der Waals surface area (Å²) in [6, 6.07) is 15.2. The van der Waals surface area contributed by atoms with Crippen LogP contribution in [0, 0.1) is 0 Å². The van der Waals surface area contributed by atoms with E-state index in [0.29, 0.717) is 13.1 Å². The van der Waals surface area contributed by atoms with Crippen LogP contribution in [0.3, 0.4) is 0 Å². The first-order valence-electron chi connectivity index (χ1n) is 5.92. The molecule has 0 unspecified atom stereocenters. The number of pyridine rings is 1. The SMILES string of the molecule is CN(CC(=O)c1ccccc1)Cc1ccccn1. The number of ketones is 1. The lowest BCUT2D eigenvalue weighted by molar-refractivity contribution is 0.0942. The van der Waals surface area contributed by atoms with Gasteiger partial charge in [0.1, 0.15) is 0 Å². The van der Waals surface area contributed by atoms with Crippen LogP contribution in [0.2, 0.25) is 0 Å². The third-order valence-electron chi connectivity index (χ3n) is 2.67. The Balaban J connectivity index is 1.92. The molecule has 0 atom stereocenters. The van der Waals surface area contributed by atoms with Crippen molar-refractivity contribution >= 4 is 5.78 Å². The predicted octanol–water partition coefficient (Wildman–Crippen LogP) is 2.40. The van der Waals surface area contributed by atoms with Gasteiger partial charge in [-0.05, 0) is 19.2 Å². The Morgan fingerprint density at radius 2 is 1.83 bits per heavy atom. The number of carbonyl (C=O) groups is 1. The minimum Gasteiger partial charge on any atom is -0.293 e. The van der Waals surface area contributed by atoms with Crippen molar-refractivity contribution in [1.29, 1.82) is 0 Å². The highest BCUT2D eigenvalue weighted by atomic mass is 16.1. The van der Waals surface area contributed by atoms with Crippen molar-refractivity contribution in [1.82, 2.24) is 9.88 Å². The van der Waals surface area contributed by atoms with Crippen molar-refractivity contribution in [3.8, 4) is 0 Å². The van der Waals surface area contributed by atoms with E-state index < -0.39 is 0 Å². The van der Waals surface area contributed by atoms with E-state index in [-0.39, 0.29) is 5.78 Å². The number of carbonyl (C=O) groups excluding carboxylic acids is 1. The fourth-order valence-electron chi connectivity index (χ4n) is 1.78. The second-order valence-corrected chi connectivity index (χ2v) is 4.28. The predicted molar refractivity (Wildman–Crippen MR) is 71.3 cm³/mol. The van der Waals surface area contributed by atoms with Gasteiger partial charge in [-0.1, -0.05) is 36.4 Å². The Bertz CT molecular complexity index is 496. The Labute approximate surface area is 107 Å². The number of benzene rings is 1. The van der Waals surface area contributed by atoms with Crippen LogP contribution in [0.1, 0.15) is 16.1 Å². The van der Waals surface area contributed by atoms with Crippen molar-refractivity contribution in [2.24, 2.45) is 0 Å². The van der Waals surface area contributed by atoms with Gasteiger partial charge in [-0.25, -0.2) is 0 Å². The van der Waals surface area contributed by atoms with Crippen molar-refractivity contribution in [2.45, 2.75) is 6.54 Å². The minimum absolute atomic E-state index is 0.133. The molecule has 92 valence electrons. The van der Waals surface area contributed by atoms with E-state index in [4.69, 9.17) is 0 Å². The first-order valence-corrected chi connectivity index (χ1v) is 5.92. The molecule has 0 saturated heterocycles. The lowest BCUT2D eigenvalue weighted by atomic mass is 10.1. The van der Waals surface area contributed by atoms with Gasteiger partial charge in [0.05, 0.1) is 12.2 Å². The van der Waals surface area contributed by atoms with Gasteiger partial charge in [0.2, 0.25) is 0 Å². The third kappa shape index (κ3) is 3.50. The molecule has 3 nitrogen and oxygen atoms in total. The second-order valence-electron chi connectivity index (χ2n) is 4.28. The Morgan fingerprint density at radius 1 is 1.11 bits per heavy atom. The molecule has 1 aromatic heterocycles. The molecule has 0 amide bonds. The van der Waals surface area contributed by atoms with Crippen molar-refractivity contribution in [2.75, 3.05) is 13.6 Å². The third-order valence-corrected chi connectivity index (χ3v) is 2.67. The maximum Gasteiger partial charge on any atom is 0.176 e. The van der Waals surface area contributed by atoms with Crippen LogP contribution in [-0.4, -0.2) is 29.3 Å². The molecule has 2 rings (SSSR count). The van der Waals surface area contributed by atoms with E-state index in [9.17, 15) is 4.79 Å². The van der Waals surface area contributed by atoms with Gasteiger partial charge in [0.15, 0.2) is 5.78 Å². The largest absolute Gasteiger partial charge is 0.293 e. The first kappa shape index (κ1) is 12.5. The van der Waals surface area contributed by atoms with E-state index in [1.165, 1.54) is 0 Å². The number of Topliss-reactive ketones (excluding diaryl/α,β-unsaturated/α-hetero) is 1. The summed E-state index contributed by atoms with van der Waals surface area (Å²) in [6.07, 6.45) is 1.77. The summed E-state index contributed by atoms with van der Waals surface area (Å²) < 4.78 is 0. The van der Waals surface area contributed by atoms with E-state index in [1.54, 1.807) is 6.20 Å². The lowest BCUT2D eigenvalue weighted by Gasteiger charge is -2.15. The van der Waals surface area contributed by atoms with Gasteiger partial charge in [0, 0.05) is 18.3 Å². The minimum atomic E-state index is 0.133. The van der Waals surface area contributed by atoms with Crippen LogP contribution in [0.5, 0.6) is 0 Å². The molecule has 0 radical (unpaired) electrons. The van der Waals surface area contributed by atoms with Gasteiger partial charge in [-0.2, -0.15) is 0 Å². The standard InChI is InChI=1S/C15H16N2O/c1-17(11-14-9-5-6-10-16-14)12-15(18)13-7-3-2-4-8-13/h2-10H,11-12H2,1H3. The molecule has 1 heterocycles. The van der Waals surface area contributed by atoms with Crippen molar-refractivity contribution in [3.05, 3.63) is 66.0 Å². The lowest BCUT2D eigenvalue weighted by Crippen LogP contribution is -2.25. The molecule has 0 saturated carbocycles. The molecule has 3 heteroatoms. The Morgan fingerprint density at radius 3 is 2.50 bits per heavy atom. The normalized spacial score (nSPS) is 10.6. The fraction of sp³-hybridized carbons (Fsp3) is 0.200. The van der Waals surface area contributed by atoms with Gasteiger partial charge in [-0.3, -0.25) is 14.7 Å².